The molecule has 0 amide bonds. The largest absolute Gasteiger partial charge is 0.308 e. The number of aromatic nitrogens is 2. The third-order valence-corrected chi connectivity index (χ3v) is 2.70. The summed E-state index contributed by atoms with van der Waals surface area (Å²) in [5, 5.41) is 3.42. The Kier molecular flexibility index (Phi) is 4.90. The summed E-state index contributed by atoms with van der Waals surface area (Å²) < 4.78 is 0. The number of hydrogen-bond acceptors (Lipinski definition) is 4. The topological polar surface area (TPSA) is 37.8 Å². The van der Waals surface area contributed by atoms with Gasteiger partial charge in [-0.05, 0) is 20.1 Å². The Morgan fingerprint density at radius 3 is 2.79 bits per heavy atom. The molecule has 1 unspecified atom stereocenters. The van der Waals surface area contributed by atoms with Crippen LogP contribution in [0, 0.1) is 6.92 Å². The van der Waals surface area contributed by atoms with E-state index in [1.807, 2.05) is 18.7 Å². The first-order chi connectivity index (χ1) is 6.75. The molecule has 0 aliphatic carbocycles. The molecular weight excluding hydrogens is 194 g/mol. The van der Waals surface area contributed by atoms with Gasteiger partial charge >= 0.3 is 0 Å². The lowest BCUT2D eigenvalue weighted by Crippen LogP contribution is -2.23. The van der Waals surface area contributed by atoms with Crippen molar-refractivity contribution in [1.29, 1.82) is 0 Å². The van der Waals surface area contributed by atoms with Gasteiger partial charge in [0.15, 0.2) is 0 Å². The minimum Gasteiger partial charge on any atom is -0.308 e. The van der Waals surface area contributed by atoms with Gasteiger partial charge in [0.1, 0.15) is 0 Å². The summed E-state index contributed by atoms with van der Waals surface area (Å²) in [5.74, 6) is 1.13. The third kappa shape index (κ3) is 3.27. The Hall–Kier alpha value is -0.610. The zero-order chi connectivity index (χ0) is 10.4. The molecule has 0 bridgehead atoms. The molecule has 0 saturated heterocycles. The first-order valence-electron chi connectivity index (χ1n) is 4.75. The Morgan fingerprint density at radius 2 is 2.14 bits per heavy atom. The van der Waals surface area contributed by atoms with Crippen LogP contribution in [0.2, 0.25) is 0 Å². The van der Waals surface area contributed by atoms with Crippen molar-refractivity contribution in [1.82, 2.24) is 15.3 Å². The van der Waals surface area contributed by atoms with E-state index in [1.54, 1.807) is 12.4 Å². The fraction of sp³-hybridized carbons (Fsp3) is 0.600. The van der Waals surface area contributed by atoms with E-state index in [4.69, 9.17) is 0 Å². The van der Waals surface area contributed by atoms with Gasteiger partial charge in [-0.25, -0.2) is 0 Å². The predicted octanol–water partition coefficient (Wildman–Crippen LogP) is 1.80. The molecule has 1 heterocycles. The molecule has 0 radical (unpaired) electrons. The molecule has 0 aromatic carbocycles. The van der Waals surface area contributed by atoms with Crippen molar-refractivity contribution in [2.75, 3.05) is 18.6 Å². The fourth-order valence-corrected chi connectivity index (χ4v) is 1.64. The van der Waals surface area contributed by atoms with E-state index in [0.717, 1.165) is 23.7 Å². The average molecular weight is 211 g/mol. The van der Waals surface area contributed by atoms with E-state index >= 15 is 0 Å². The fourth-order valence-electron chi connectivity index (χ4n) is 1.32. The summed E-state index contributed by atoms with van der Waals surface area (Å²) >= 11 is 1.84. The van der Waals surface area contributed by atoms with E-state index in [2.05, 4.69) is 28.5 Å². The van der Waals surface area contributed by atoms with Crippen LogP contribution < -0.4 is 5.32 Å². The van der Waals surface area contributed by atoms with Crippen LogP contribution in [-0.4, -0.2) is 28.5 Å². The predicted molar refractivity (Wildman–Crippen MR) is 61.6 cm³/mol. The van der Waals surface area contributed by atoms with E-state index in [9.17, 15) is 0 Å². The molecule has 1 aromatic heterocycles. The molecule has 0 aliphatic heterocycles. The quantitative estimate of drug-likeness (QED) is 0.754. The highest BCUT2D eigenvalue weighted by Gasteiger charge is 2.08. The minimum absolute atomic E-state index is 0.288. The maximum atomic E-state index is 4.33. The minimum atomic E-state index is 0.288. The van der Waals surface area contributed by atoms with Crippen LogP contribution in [0.5, 0.6) is 0 Å². The van der Waals surface area contributed by atoms with Crippen LogP contribution in [0.1, 0.15) is 24.4 Å². The van der Waals surface area contributed by atoms with Gasteiger partial charge in [0.05, 0.1) is 11.4 Å². The second-order valence-corrected chi connectivity index (χ2v) is 4.18. The van der Waals surface area contributed by atoms with Crippen LogP contribution in [0.3, 0.4) is 0 Å². The normalized spacial score (nSPS) is 12.8. The summed E-state index contributed by atoms with van der Waals surface area (Å²) in [7, 11) is 0. The van der Waals surface area contributed by atoms with E-state index in [1.165, 1.54) is 0 Å². The molecule has 1 aromatic rings. The van der Waals surface area contributed by atoms with Gasteiger partial charge in [-0.3, -0.25) is 9.97 Å². The molecular formula is C10H17N3S. The van der Waals surface area contributed by atoms with E-state index in [0.29, 0.717) is 0 Å². The highest BCUT2D eigenvalue weighted by molar-refractivity contribution is 7.98. The SMILES string of the molecule is CSCCNC(C)c1nccnc1C. The van der Waals surface area contributed by atoms with Gasteiger partial charge in [0.25, 0.3) is 0 Å². The summed E-state index contributed by atoms with van der Waals surface area (Å²) in [6, 6.07) is 0.288. The maximum Gasteiger partial charge on any atom is 0.0782 e. The van der Waals surface area contributed by atoms with Crippen LogP contribution >= 0.6 is 11.8 Å². The Balaban J connectivity index is 2.51. The van der Waals surface area contributed by atoms with E-state index < -0.39 is 0 Å². The molecule has 0 spiro atoms. The summed E-state index contributed by atoms with van der Waals surface area (Å²) in [4.78, 5) is 8.55. The van der Waals surface area contributed by atoms with Gasteiger partial charge in [0, 0.05) is 30.7 Å². The van der Waals surface area contributed by atoms with E-state index in [-0.39, 0.29) is 6.04 Å². The molecule has 4 heteroatoms. The zero-order valence-corrected chi connectivity index (χ0v) is 9.77. The van der Waals surface area contributed by atoms with Gasteiger partial charge in [-0.15, -0.1) is 0 Å². The molecule has 1 atom stereocenters. The maximum absolute atomic E-state index is 4.33. The van der Waals surface area contributed by atoms with Crippen molar-refractivity contribution >= 4 is 11.8 Å². The zero-order valence-electron chi connectivity index (χ0n) is 8.95. The molecule has 1 N–H and O–H groups in total. The second-order valence-electron chi connectivity index (χ2n) is 3.20. The van der Waals surface area contributed by atoms with Crippen LogP contribution in [0.15, 0.2) is 12.4 Å². The van der Waals surface area contributed by atoms with Crippen LogP contribution in [0.25, 0.3) is 0 Å². The number of nitrogens with zero attached hydrogens (tertiary/aromatic N) is 2. The van der Waals surface area contributed by atoms with Crippen molar-refractivity contribution < 1.29 is 0 Å². The number of aryl methyl sites for hydroxylation is 1. The summed E-state index contributed by atoms with van der Waals surface area (Å²) in [5.41, 5.74) is 2.06. The molecule has 1 rings (SSSR count). The average Bonchev–Trinajstić information content (AvgIpc) is 2.18. The Morgan fingerprint density at radius 1 is 1.43 bits per heavy atom. The molecule has 3 nitrogen and oxygen atoms in total. The number of hydrogen-bond donors (Lipinski definition) is 1. The Labute approximate surface area is 89.7 Å². The lowest BCUT2D eigenvalue weighted by Gasteiger charge is -2.13. The number of rotatable bonds is 5. The van der Waals surface area contributed by atoms with Crippen LogP contribution in [0.4, 0.5) is 0 Å². The first-order valence-corrected chi connectivity index (χ1v) is 6.15. The van der Waals surface area contributed by atoms with Gasteiger partial charge in [-0.2, -0.15) is 11.8 Å². The highest BCUT2D eigenvalue weighted by atomic mass is 32.2. The van der Waals surface area contributed by atoms with Gasteiger partial charge < -0.3 is 5.32 Å². The van der Waals surface area contributed by atoms with Gasteiger partial charge in [0.2, 0.25) is 0 Å². The third-order valence-electron chi connectivity index (χ3n) is 2.09. The lowest BCUT2D eigenvalue weighted by molar-refractivity contribution is 0.579. The van der Waals surface area contributed by atoms with Crippen LogP contribution in [-0.2, 0) is 0 Å². The standard InChI is InChI=1S/C10H17N3S/c1-8-10(13-5-4-11-8)9(2)12-6-7-14-3/h4-5,9,12H,6-7H2,1-3H3. The second kappa shape index (κ2) is 5.98. The Bertz CT molecular complexity index is 278. The number of thioether (sulfide) groups is 1. The molecule has 14 heavy (non-hydrogen) atoms. The smallest absolute Gasteiger partial charge is 0.0782 e. The highest BCUT2D eigenvalue weighted by Crippen LogP contribution is 2.11. The molecule has 0 fully saturated rings. The lowest BCUT2D eigenvalue weighted by atomic mass is 10.2. The van der Waals surface area contributed by atoms with Crippen molar-refractivity contribution in [3.63, 3.8) is 0 Å². The van der Waals surface area contributed by atoms with Crippen molar-refractivity contribution in [2.24, 2.45) is 0 Å². The summed E-state index contributed by atoms with van der Waals surface area (Å²) in [6.45, 7) is 5.13. The summed E-state index contributed by atoms with van der Waals surface area (Å²) in [6.07, 6.45) is 5.59. The molecule has 78 valence electrons. The van der Waals surface area contributed by atoms with Crippen molar-refractivity contribution in [3.05, 3.63) is 23.8 Å². The van der Waals surface area contributed by atoms with Crippen molar-refractivity contribution in [3.8, 4) is 0 Å². The van der Waals surface area contributed by atoms with Gasteiger partial charge in [-0.1, -0.05) is 0 Å². The molecule has 0 saturated carbocycles. The van der Waals surface area contributed by atoms with Crippen molar-refractivity contribution in [2.45, 2.75) is 19.9 Å². The number of nitrogens with one attached hydrogen (secondary N) is 1. The molecule has 0 aliphatic rings. The first kappa shape index (κ1) is 11.5. The monoisotopic (exact) mass is 211 g/mol.